The number of hydrogen-bond acceptors (Lipinski definition) is 6. The summed E-state index contributed by atoms with van der Waals surface area (Å²) < 4.78 is 27.4. The van der Waals surface area contributed by atoms with Gasteiger partial charge in [0.25, 0.3) is 0 Å². The molecule has 0 aliphatic heterocycles. The lowest BCUT2D eigenvalue weighted by Gasteiger charge is -2.23. The second-order valence-corrected chi connectivity index (χ2v) is 11.4. The number of primary amides is 1. The Bertz CT molecular complexity index is 1490. The molecule has 0 saturated carbocycles. The highest BCUT2D eigenvalue weighted by atomic mass is 32.2. The van der Waals surface area contributed by atoms with Crippen LogP contribution < -0.4 is 26.8 Å². The van der Waals surface area contributed by atoms with Crippen LogP contribution in [0.3, 0.4) is 0 Å². The zero-order valence-corrected chi connectivity index (χ0v) is 23.0. The lowest BCUT2D eigenvalue weighted by molar-refractivity contribution is -0.130. The van der Waals surface area contributed by atoms with Gasteiger partial charge in [-0.25, -0.2) is 13.1 Å². The highest BCUT2D eigenvalue weighted by molar-refractivity contribution is 7.89. The molecule has 3 aromatic carbocycles. The Morgan fingerprint density at radius 1 is 0.900 bits per heavy atom. The quantitative estimate of drug-likeness (QED) is 0.124. The number of benzene rings is 3. The summed E-state index contributed by atoms with van der Waals surface area (Å²) in [6.07, 6.45) is -0.197. The average Bonchev–Trinajstić information content (AvgIpc) is 2.93. The molecule has 0 saturated heterocycles. The van der Waals surface area contributed by atoms with Gasteiger partial charge in [0.2, 0.25) is 27.7 Å². The molecule has 0 radical (unpaired) electrons. The summed E-state index contributed by atoms with van der Waals surface area (Å²) in [4.78, 5) is 38.0. The molecule has 3 aromatic rings. The normalized spacial score (nSPS) is 12.8. The van der Waals surface area contributed by atoms with E-state index in [-0.39, 0.29) is 37.4 Å². The molecule has 3 rings (SSSR count). The Labute approximate surface area is 233 Å². The van der Waals surface area contributed by atoms with E-state index in [0.29, 0.717) is 5.56 Å². The van der Waals surface area contributed by atoms with Crippen LogP contribution in [0.5, 0.6) is 0 Å². The van der Waals surface area contributed by atoms with Gasteiger partial charge >= 0.3 is 0 Å². The van der Waals surface area contributed by atoms with Gasteiger partial charge < -0.3 is 22.1 Å². The SMILES string of the molecule is CCS(=O)(=O)NC(Cc1cccc2ccccc12)C(=O)NC(CCC(N)=O)C(=O)NCc1ccc(C(=N)N)cc1. The Hall–Kier alpha value is -4.29. The van der Waals surface area contributed by atoms with E-state index in [1.807, 2.05) is 42.5 Å². The van der Waals surface area contributed by atoms with Gasteiger partial charge in [-0.1, -0.05) is 66.7 Å². The van der Waals surface area contributed by atoms with Crippen molar-refractivity contribution in [2.45, 2.75) is 44.8 Å². The summed E-state index contributed by atoms with van der Waals surface area (Å²) in [7, 11) is -3.78. The van der Waals surface area contributed by atoms with Crippen molar-refractivity contribution in [1.29, 1.82) is 5.41 Å². The molecular formula is C28H34N6O5S. The van der Waals surface area contributed by atoms with Gasteiger partial charge in [-0.3, -0.25) is 19.8 Å². The fourth-order valence-corrected chi connectivity index (χ4v) is 4.91. The topological polar surface area (TPSA) is 197 Å². The van der Waals surface area contributed by atoms with E-state index in [0.717, 1.165) is 21.9 Å². The molecule has 11 nitrogen and oxygen atoms in total. The fourth-order valence-electron chi connectivity index (χ4n) is 4.12. The summed E-state index contributed by atoms with van der Waals surface area (Å²) in [5.74, 6) is -2.24. The van der Waals surface area contributed by atoms with Crippen LogP contribution in [0.15, 0.2) is 66.7 Å². The van der Waals surface area contributed by atoms with Crippen LogP contribution >= 0.6 is 0 Å². The van der Waals surface area contributed by atoms with Crippen molar-refractivity contribution in [3.8, 4) is 0 Å². The first-order valence-electron chi connectivity index (χ1n) is 12.8. The van der Waals surface area contributed by atoms with Crippen molar-refractivity contribution in [3.63, 3.8) is 0 Å². The van der Waals surface area contributed by atoms with E-state index in [4.69, 9.17) is 16.9 Å². The van der Waals surface area contributed by atoms with Crippen molar-refractivity contribution < 1.29 is 22.8 Å². The first-order chi connectivity index (χ1) is 19.0. The molecule has 2 unspecified atom stereocenters. The molecule has 0 aliphatic rings. The van der Waals surface area contributed by atoms with Crippen LogP contribution in [-0.4, -0.2) is 49.8 Å². The second-order valence-electron chi connectivity index (χ2n) is 9.31. The van der Waals surface area contributed by atoms with Crippen LogP contribution in [0.2, 0.25) is 0 Å². The summed E-state index contributed by atoms with van der Waals surface area (Å²) in [5, 5.41) is 14.6. The molecule has 40 heavy (non-hydrogen) atoms. The van der Waals surface area contributed by atoms with Gasteiger partial charge in [0, 0.05) is 18.5 Å². The zero-order valence-electron chi connectivity index (χ0n) is 22.1. The minimum absolute atomic E-state index is 0.0407. The van der Waals surface area contributed by atoms with Gasteiger partial charge in [-0.05, 0) is 41.7 Å². The number of carbonyl (C=O) groups excluding carboxylic acids is 3. The first-order valence-corrected chi connectivity index (χ1v) is 14.4. The summed E-state index contributed by atoms with van der Waals surface area (Å²) in [6.45, 7) is 1.57. The van der Waals surface area contributed by atoms with E-state index >= 15 is 0 Å². The second kappa shape index (κ2) is 13.7. The Morgan fingerprint density at radius 3 is 2.23 bits per heavy atom. The van der Waals surface area contributed by atoms with Gasteiger partial charge in [-0.2, -0.15) is 0 Å². The van der Waals surface area contributed by atoms with Crippen LogP contribution in [0, 0.1) is 5.41 Å². The average molecular weight is 567 g/mol. The number of hydrogen-bond donors (Lipinski definition) is 6. The molecule has 212 valence electrons. The van der Waals surface area contributed by atoms with Gasteiger partial charge in [0.05, 0.1) is 5.75 Å². The van der Waals surface area contributed by atoms with Crippen LogP contribution in [0.25, 0.3) is 10.8 Å². The fraction of sp³-hybridized carbons (Fsp3) is 0.286. The third-order valence-electron chi connectivity index (χ3n) is 6.37. The Morgan fingerprint density at radius 2 is 1.57 bits per heavy atom. The number of nitrogen functional groups attached to an aromatic ring is 1. The predicted molar refractivity (Wildman–Crippen MR) is 154 cm³/mol. The van der Waals surface area contributed by atoms with Crippen molar-refractivity contribution in [1.82, 2.24) is 15.4 Å². The maximum absolute atomic E-state index is 13.4. The minimum atomic E-state index is -3.78. The maximum Gasteiger partial charge on any atom is 0.242 e. The Balaban J connectivity index is 1.80. The van der Waals surface area contributed by atoms with Crippen molar-refractivity contribution in [2.24, 2.45) is 11.5 Å². The summed E-state index contributed by atoms with van der Waals surface area (Å²) in [5.41, 5.74) is 12.8. The number of amidine groups is 1. The van der Waals surface area contributed by atoms with Gasteiger partial charge in [0.15, 0.2) is 0 Å². The highest BCUT2D eigenvalue weighted by Gasteiger charge is 2.29. The summed E-state index contributed by atoms with van der Waals surface area (Å²) >= 11 is 0. The number of nitrogens with two attached hydrogens (primary N) is 2. The largest absolute Gasteiger partial charge is 0.384 e. The zero-order chi connectivity index (χ0) is 29.3. The lowest BCUT2D eigenvalue weighted by atomic mass is 9.98. The molecule has 0 aromatic heterocycles. The van der Waals surface area contributed by atoms with Crippen molar-refractivity contribution in [3.05, 3.63) is 83.4 Å². The van der Waals surface area contributed by atoms with Crippen molar-refractivity contribution in [2.75, 3.05) is 5.75 Å². The van der Waals surface area contributed by atoms with Gasteiger partial charge in [0.1, 0.15) is 17.9 Å². The minimum Gasteiger partial charge on any atom is -0.384 e. The lowest BCUT2D eigenvalue weighted by Crippen LogP contribution is -2.54. The van der Waals surface area contributed by atoms with E-state index in [9.17, 15) is 22.8 Å². The number of sulfonamides is 1. The molecule has 12 heteroatoms. The van der Waals surface area contributed by atoms with E-state index in [1.165, 1.54) is 6.92 Å². The van der Waals surface area contributed by atoms with E-state index in [1.54, 1.807) is 24.3 Å². The number of nitrogens with one attached hydrogen (secondary N) is 4. The van der Waals surface area contributed by atoms with Crippen LogP contribution in [-0.2, 0) is 37.4 Å². The highest BCUT2D eigenvalue weighted by Crippen LogP contribution is 2.20. The summed E-state index contributed by atoms with van der Waals surface area (Å²) in [6, 6.07) is 17.5. The molecule has 0 spiro atoms. The molecule has 3 amide bonds. The predicted octanol–water partition coefficient (Wildman–Crippen LogP) is 1.04. The molecule has 0 fully saturated rings. The van der Waals surface area contributed by atoms with Crippen LogP contribution in [0.4, 0.5) is 0 Å². The molecule has 2 atom stereocenters. The number of rotatable bonds is 14. The maximum atomic E-state index is 13.4. The first kappa shape index (κ1) is 30.3. The van der Waals surface area contributed by atoms with Crippen LogP contribution in [0.1, 0.15) is 36.5 Å². The monoisotopic (exact) mass is 566 g/mol. The molecule has 0 aliphatic carbocycles. The Kier molecular flexibility index (Phi) is 10.3. The standard InChI is InChI=1S/C28H34N6O5S/c1-2-40(38,39)34-24(16-21-8-5-7-19-6-3-4-9-22(19)21)28(37)33-23(14-15-25(29)35)27(36)32-17-18-10-12-20(13-11-18)26(30)31/h3-13,23-24,34H,2,14-17H2,1H3,(H2,29,35)(H3,30,31)(H,32,36)(H,33,37). The van der Waals surface area contributed by atoms with Gasteiger partial charge in [-0.15, -0.1) is 0 Å². The van der Waals surface area contributed by atoms with E-state index < -0.39 is 39.8 Å². The molecule has 0 heterocycles. The third-order valence-corrected chi connectivity index (χ3v) is 7.77. The van der Waals surface area contributed by atoms with E-state index in [2.05, 4.69) is 15.4 Å². The number of fused-ring (bicyclic) bond motifs is 1. The molecular weight excluding hydrogens is 532 g/mol. The molecule has 8 N–H and O–H groups in total. The van der Waals surface area contributed by atoms with Crippen molar-refractivity contribution >= 4 is 44.4 Å². The number of amides is 3. The smallest absolute Gasteiger partial charge is 0.242 e. The number of carbonyl (C=O) groups is 3. The molecule has 0 bridgehead atoms. The third kappa shape index (κ3) is 8.61.